The van der Waals surface area contributed by atoms with Crippen LogP contribution in [0.2, 0.25) is 0 Å². The van der Waals surface area contributed by atoms with E-state index in [1.165, 1.54) is 6.33 Å². The summed E-state index contributed by atoms with van der Waals surface area (Å²) >= 11 is 0. The number of aromatic nitrogens is 5. The summed E-state index contributed by atoms with van der Waals surface area (Å²) in [6.45, 7) is 0. The standard InChI is InChI=1S/C17H14N6/c1-3-7-13(8-4-1)15-16(23-12-18-11-19-23)17(22-21-15)20-14-9-5-2-6-10-14/h1-12H,(H2,20,21,22). The van der Waals surface area contributed by atoms with Gasteiger partial charge in [0.25, 0.3) is 0 Å². The zero-order chi connectivity index (χ0) is 15.5. The van der Waals surface area contributed by atoms with Gasteiger partial charge in [0.15, 0.2) is 5.82 Å². The molecule has 0 spiro atoms. The molecule has 0 aliphatic rings. The Labute approximate surface area is 132 Å². The number of benzene rings is 2. The average molecular weight is 302 g/mol. The zero-order valence-electron chi connectivity index (χ0n) is 12.2. The van der Waals surface area contributed by atoms with E-state index in [9.17, 15) is 0 Å². The van der Waals surface area contributed by atoms with Crippen molar-refractivity contribution in [2.75, 3.05) is 5.32 Å². The first-order valence-corrected chi connectivity index (χ1v) is 7.22. The normalized spacial score (nSPS) is 10.6. The number of nitrogens with one attached hydrogen (secondary N) is 2. The quantitative estimate of drug-likeness (QED) is 0.606. The van der Waals surface area contributed by atoms with Crippen molar-refractivity contribution in [2.45, 2.75) is 0 Å². The summed E-state index contributed by atoms with van der Waals surface area (Å²) in [5.41, 5.74) is 3.71. The van der Waals surface area contributed by atoms with Crippen LogP contribution in [0.1, 0.15) is 0 Å². The van der Waals surface area contributed by atoms with Gasteiger partial charge in [-0.3, -0.25) is 5.10 Å². The van der Waals surface area contributed by atoms with Crippen molar-refractivity contribution in [3.8, 4) is 16.9 Å². The number of H-pyrrole nitrogens is 1. The number of rotatable bonds is 4. The molecule has 4 rings (SSSR count). The third-order valence-corrected chi connectivity index (χ3v) is 3.49. The van der Waals surface area contributed by atoms with Gasteiger partial charge in [0.1, 0.15) is 18.3 Å². The van der Waals surface area contributed by atoms with Crippen LogP contribution in [-0.4, -0.2) is 25.0 Å². The van der Waals surface area contributed by atoms with Crippen molar-refractivity contribution in [1.82, 2.24) is 25.0 Å². The van der Waals surface area contributed by atoms with E-state index in [4.69, 9.17) is 0 Å². The SMILES string of the molecule is c1ccc(Nc2n[nH]c(-c3ccccc3)c2-n2cncn2)cc1. The Bertz CT molecular complexity index is 882. The molecule has 4 aromatic rings. The first kappa shape index (κ1) is 13.3. The maximum absolute atomic E-state index is 4.42. The van der Waals surface area contributed by atoms with E-state index in [0.29, 0.717) is 5.82 Å². The van der Waals surface area contributed by atoms with Crippen molar-refractivity contribution in [1.29, 1.82) is 0 Å². The third kappa shape index (κ3) is 2.57. The molecule has 0 amide bonds. The third-order valence-electron chi connectivity index (χ3n) is 3.49. The second-order valence-corrected chi connectivity index (χ2v) is 4.99. The molecule has 0 aliphatic heterocycles. The van der Waals surface area contributed by atoms with Crippen LogP contribution in [0.4, 0.5) is 11.5 Å². The number of anilines is 2. The summed E-state index contributed by atoms with van der Waals surface area (Å²) in [6, 6.07) is 19.9. The molecule has 2 N–H and O–H groups in total. The highest BCUT2D eigenvalue weighted by molar-refractivity contribution is 5.78. The molecule has 0 fully saturated rings. The Morgan fingerprint density at radius 3 is 2.35 bits per heavy atom. The lowest BCUT2D eigenvalue weighted by atomic mass is 10.1. The summed E-state index contributed by atoms with van der Waals surface area (Å²) < 4.78 is 1.71. The molecule has 23 heavy (non-hydrogen) atoms. The lowest BCUT2D eigenvalue weighted by Gasteiger charge is -2.07. The van der Waals surface area contributed by atoms with Gasteiger partial charge >= 0.3 is 0 Å². The predicted octanol–water partition coefficient (Wildman–Crippen LogP) is 3.40. The maximum atomic E-state index is 4.42. The Hall–Kier alpha value is -3.41. The van der Waals surface area contributed by atoms with Crippen LogP contribution in [0.5, 0.6) is 0 Å². The van der Waals surface area contributed by atoms with Crippen LogP contribution in [0.25, 0.3) is 16.9 Å². The van der Waals surface area contributed by atoms with Crippen LogP contribution >= 0.6 is 0 Å². The summed E-state index contributed by atoms with van der Waals surface area (Å²) in [5, 5.41) is 15.1. The highest BCUT2D eigenvalue weighted by Crippen LogP contribution is 2.31. The Morgan fingerprint density at radius 1 is 0.913 bits per heavy atom. The van der Waals surface area contributed by atoms with E-state index in [-0.39, 0.29) is 0 Å². The molecular formula is C17H14N6. The first-order chi connectivity index (χ1) is 11.4. The first-order valence-electron chi connectivity index (χ1n) is 7.22. The van der Waals surface area contributed by atoms with E-state index in [1.807, 2.05) is 60.7 Å². The summed E-state index contributed by atoms with van der Waals surface area (Å²) in [5.74, 6) is 0.695. The van der Waals surface area contributed by atoms with E-state index < -0.39 is 0 Å². The summed E-state index contributed by atoms with van der Waals surface area (Å²) in [7, 11) is 0. The smallest absolute Gasteiger partial charge is 0.178 e. The number of aromatic amines is 1. The van der Waals surface area contributed by atoms with Crippen LogP contribution in [0, 0.1) is 0 Å². The Morgan fingerprint density at radius 2 is 1.65 bits per heavy atom. The van der Waals surface area contributed by atoms with Gasteiger partial charge in [0.2, 0.25) is 0 Å². The highest BCUT2D eigenvalue weighted by Gasteiger charge is 2.17. The van der Waals surface area contributed by atoms with E-state index in [2.05, 4.69) is 25.6 Å². The summed E-state index contributed by atoms with van der Waals surface area (Å²) in [6.07, 6.45) is 3.17. The second-order valence-electron chi connectivity index (χ2n) is 4.99. The van der Waals surface area contributed by atoms with Gasteiger partial charge in [-0.2, -0.15) is 10.2 Å². The molecule has 0 atom stereocenters. The minimum absolute atomic E-state index is 0.695. The van der Waals surface area contributed by atoms with Crippen molar-refractivity contribution in [2.24, 2.45) is 0 Å². The molecule has 0 aliphatic carbocycles. The zero-order valence-corrected chi connectivity index (χ0v) is 12.2. The number of hydrogen-bond acceptors (Lipinski definition) is 4. The molecule has 6 nitrogen and oxygen atoms in total. The molecule has 2 aromatic heterocycles. The molecule has 0 radical (unpaired) electrons. The number of nitrogens with zero attached hydrogens (tertiary/aromatic N) is 4. The molecule has 0 saturated heterocycles. The molecule has 2 heterocycles. The van der Waals surface area contributed by atoms with Gasteiger partial charge in [-0.05, 0) is 12.1 Å². The lowest BCUT2D eigenvalue weighted by Crippen LogP contribution is -2.00. The minimum Gasteiger partial charge on any atom is -0.337 e. The van der Waals surface area contributed by atoms with Crippen molar-refractivity contribution in [3.63, 3.8) is 0 Å². The van der Waals surface area contributed by atoms with Crippen LogP contribution in [-0.2, 0) is 0 Å². The highest BCUT2D eigenvalue weighted by atomic mass is 15.4. The maximum Gasteiger partial charge on any atom is 0.178 e. The average Bonchev–Trinajstić information content (AvgIpc) is 3.26. The topological polar surface area (TPSA) is 71.4 Å². The van der Waals surface area contributed by atoms with Gasteiger partial charge < -0.3 is 5.32 Å². The van der Waals surface area contributed by atoms with Crippen molar-refractivity contribution >= 4 is 11.5 Å². The van der Waals surface area contributed by atoms with Crippen LogP contribution in [0.3, 0.4) is 0 Å². The molecule has 6 heteroatoms. The molecule has 0 saturated carbocycles. The van der Waals surface area contributed by atoms with Crippen molar-refractivity contribution < 1.29 is 0 Å². The monoisotopic (exact) mass is 302 g/mol. The number of para-hydroxylation sites is 1. The molecule has 0 unspecified atom stereocenters. The van der Waals surface area contributed by atoms with E-state index in [1.54, 1.807) is 11.0 Å². The Balaban J connectivity index is 1.83. The molecule has 2 aromatic carbocycles. The van der Waals surface area contributed by atoms with Gasteiger partial charge in [0, 0.05) is 11.3 Å². The van der Waals surface area contributed by atoms with E-state index in [0.717, 1.165) is 22.6 Å². The van der Waals surface area contributed by atoms with Crippen LogP contribution in [0.15, 0.2) is 73.3 Å². The van der Waals surface area contributed by atoms with Gasteiger partial charge in [0.05, 0.1) is 5.69 Å². The molecule has 112 valence electrons. The second kappa shape index (κ2) is 5.76. The largest absolute Gasteiger partial charge is 0.337 e. The predicted molar refractivity (Wildman–Crippen MR) is 88.7 cm³/mol. The fourth-order valence-corrected chi connectivity index (χ4v) is 2.43. The van der Waals surface area contributed by atoms with E-state index >= 15 is 0 Å². The fraction of sp³-hybridized carbons (Fsp3) is 0. The van der Waals surface area contributed by atoms with Crippen LogP contribution < -0.4 is 5.32 Å². The van der Waals surface area contributed by atoms with Crippen molar-refractivity contribution in [3.05, 3.63) is 73.3 Å². The Kier molecular flexibility index (Phi) is 3.32. The molecule has 0 bridgehead atoms. The molecular weight excluding hydrogens is 288 g/mol. The fourth-order valence-electron chi connectivity index (χ4n) is 2.43. The summed E-state index contributed by atoms with van der Waals surface area (Å²) in [4.78, 5) is 4.04. The van der Waals surface area contributed by atoms with Gasteiger partial charge in [-0.1, -0.05) is 48.5 Å². The van der Waals surface area contributed by atoms with Gasteiger partial charge in [-0.15, -0.1) is 0 Å². The number of hydrogen-bond donors (Lipinski definition) is 2. The minimum atomic E-state index is 0.695. The lowest BCUT2D eigenvalue weighted by molar-refractivity contribution is 0.883. The van der Waals surface area contributed by atoms with Gasteiger partial charge in [-0.25, -0.2) is 9.67 Å².